The number of hydrogen-bond acceptors (Lipinski definition) is 4. The molecule has 0 atom stereocenters. The molecule has 2 aromatic rings. The minimum atomic E-state index is -2.95. The Hall–Kier alpha value is -1.74. The fourth-order valence-corrected chi connectivity index (χ4v) is 2.24. The van der Waals surface area contributed by atoms with Gasteiger partial charge < -0.3 is 5.32 Å². The number of aromatic nitrogens is 2. The standard InChI is InChI=1S/C11H6ClF4N3OS/c12-6-2-1-4(3-5(6)9(13)14)17-11(20)8-7(10(15)16)18-19-21-8/h1-3,9-10H,(H,17,20). The van der Waals surface area contributed by atoms with Crippen molar-refractivity contribution in [3.05, 3.63) is 39.4 Å². The number of hydrogen-bond donors (Lipinski definition) is 1. The summed E-state index contributed by atoms with van der Waals surface area (Å²) in [6, 6.07) is 3.43. The van der Waals surface area contributed by atoms with Crippen LogP contribution >= 0.6 is 23.1 Å². The maximum atomic E-state index is 12.7. The predicted molar refractivity (Wildman–Crippen MR) is 69.2 cm³/mol. The number of nitrogens with one attached hydrogen (secondary N) is 1. The molecular formula is C11H6ClF4N3OS. The molecule has 1 aromatic carbocycles. The monoisotopic (exact) mass is 339 g/mol. The first-order valence-corrected chi connectivity index (χ1v) is 6.54. The van der Waals surface area contributed by atoms with Gasteiger partial charge in [0.15, 0.2) is 5.69 Å². The second-order valence-electron chi connectivity index (χ2n) is 3.78. The lowest BCUT2D eigenvalue weighted by molar-refractivity contribution is 0.101. The minimum absolute atomic E-state index is 0.00770. The van der Waals surface area contributed by atoms with E-state index >= 15 is 0 Å². The first-order chi connectivity index (χ1) is 9.90. The second kappa shape index (κ2) is 6.35. The van der Waals surface area contributed by atoms with Gasteiger partial charge in [0.2, 0.25) is 0 Å². The Morgan fingerprint density at radius 3 is 2.57 bits per heavy atom. The summed E-state index contributed by atoms with van der Waals surface area (Å²) in [6.45, 7) is 0. The Kier molecular flexibility index (Phi) is 4.73. The van der Waals surface area contributed by atoms with E-state index in [4.69, 9.17) is 11.6 Å². The third kappa shape index (κ3) is 3.48. The van der Waals surface area contributed by atoms with E-state index < -0.39 is 30.0 Å². The van der Waals surface area contributed by atoms with Gasteiger partial charge in [0, 0.05) is 16.3 Å². The van der Waals surface area contributed by atoms with E-state index in [0.717, 1.165) is 6.07 Å². The summed E-state index contributed by atoms with van der Waals surface area (Å²) in [4.78, 5) is 11.5. The Morgan fingerprint density at radius 2 is 1.95 bits per heavy atom. The number of alkyl halides is 4. The van der Waals surface area contributed by atoms with Gasteiger partial charge in [-0.3, -0.25) is 4.79 Å². The maximum Gasteiger partial charge on any atom is 0.283 e. The Labute approximate surface area is 124 Å². The smallest absolute Gasteiger partial charge is 0.283 e. The van der Waals surface area contributed by atoms with Crippen LogP contribution in [0.2, 0.25) is 5.02 Å². The van der Waals surface area contributed by atoms with Gasteiger partial charge in [-0.25, -0.2) is 17.6 Å². The SMILES string of the molecule is O=C(Nc1ccc(Cl)c(C(F)F)c1)c1snnc1C(F)F. The molecule has 0 aliphatic heterocycles. The topological polar surface area (TPSA) is 54.9 Å². The molecule has 0 aliphatic rings. The van der Waals surface area contributed by atoms with Crippen LogP contribution in [-0.2, 0) is 0 Å². The molecule has 0 radical (unpaired) electrons. The minimum Gasteiger partial charge on any atom is -0.321 e. The zero-order valence-electron chi connectivity index (χ0n) is 9.99. The molecule has 1 heterocycles. The number of carbonyl (C=O) groups is 1. The third-order valence-corrected chi connectivity index (χ3v) is 3.50. The number of halogens is 5. The quantitative estimate of drug-likeness (QED) is 0.844. The highest BCUT2D eigenvalue weighted by atomic mass is 35.5. The maximum absolute atomic E-state index is 12.7. The van der Waals surface area contributed by atoms with E-state index in [-0.39, 0.29) is 15.6 Å². The molecule has 1 aromatic heterocycles. The van der Waals surface area contributed by atoms with E-state index in [1.165, 1.54) is 12.1 Å². The van der Waals surface area contributed by atoms with Crippen LogP contribution in [0.3, 0.4) is 0 Å². The van der Waals surface area contributed by atoms with Crippen molar-refractivity contribution in [1.82, 2.24) is 9.59 Å². The zero-order valence-corrected chi connectivity index (χ0v) is 11.6. The Balaban J connectivity index is 2.24. The van der Waals surface area contributed by atoms with Gasteiger partial charge in [-0.2, -0.15) is 0 Å². The Morgan fingerprint density at radius 1 is 1.24 bits per heavy atom. The molecule has 2 rings (SSSR count). The molecule has 0 fully saturated rings. The fraction of sp³-hybridized carbons (Fsp3) is 0.182. The van der Waals surface area contributed by atoms with E-state index in [2.05, 4.69) is 14.9 Å². The summed E-state index contributed by atoms with van der Waals surface area (Å²) >= 11 is 6.08. The van der Waals surface area contributed by atoms with Crippen molar-refractivity contribution in [2.24, 2.45) is 0 Å². The van der Waals surface area contributed by atoms with Crippen molar-refractivity contribution >= 4 is 34.7 Å². The van der Waals surface area contributed by atoms with E-state index in [0.29, 0.717) is 11.5 Å². The average Bonchev–Trinajstić information content (AvgIpc) is 2.90. The molecule has 0 bridgehead atoms. The molecule has 10 heteroatoms. The summed E-state index contributed by atoms with van der Waals surface area (Å²) < 4.78 is 53.8. The van der Waals surface area contributed by atoms with E-state index in [9.17, 15) is 22.4 Å². The molecule has 0 unspecified atom stereocenters. The van der Waals surface area contributed by atoms with Crippen molar-refractivity contribution in [2.45, 2.75) is 12.9 Å². The first-order valence-electron chi connectivity index (χ1n) is 5.39. The summed E-state index contributed by atoms with van der Waals surface area (Å²) in [5.41, 5.74) is -1.21. The van der Waals surface area contributed by atoms with Crippen molar-refractivity contribution in [3.8, 4) is 0 Å². The molecule has 0 aliphatic carbocycles. The number of carbonyl (C=O) groups excluding carboxylic acids is 1. The van der Waals surface area contributed by atoms with Crippen LogP contribution < -0.4 is 5.32 Å². The summed E-state index contributed by atoms with van der Waals surface area (Å²) in [7, 11) is 0. The molecule has 112 valence electrons. The van der Waals surface area contributed by atoms with Crippen LogP contribution in [0.4, 0.5) is 23.2 Å². The second-order valence-corrected chi connectivity index (χ2v) is 4.94. The molecule has 4 nitrogen and oxygen atoms in total. The van der Waals surface area contributed by atoms with Gasteiger partial charge in [-0.05, 0) is 29.7 Å². The molecule has 0 saturated carbocycles. The summed E-state index contributed by atoms with van der Waals surface area (Å²) in [6.07, 6.45) is -5.78. The molecule has 0 spiro atoms. The van der Waals surface area contributed by atoms with Gasteiger partial charge in [0.25, 0.3) is 18.8 Å². The number of anilines is 1. The molecular weight excluding hydrogens is 334 g/mol. The average molecular weight is 340 g/mol. The van der Waals surface area contributed by atoms with Crippen molar-refractivity contribution in [1.29, 1.82) is 0 Å². The van der Waals surface area contributed by atoms with E-state index in [1.807, 2.05) is 0 Å². The number of nitrogens with zero attached hydrogens (tertiary/aromatic N) is 2. The summed E-state index contributed by atoms with van der Waals surface area (Å²) in [5, 5.41) is 5.23. The first kappa shape index (κ1) is 15.6. The lowest BCUT2D eigenvalue weighted by atomic mass is 10.2. The van der Waals surface area contributed by atoms with Crippen molar-refractivity contribution in [2.75, 3.05) is 5.32 Å². The highest BCUT2D eigenvalue weighted by Gasteiger charge is 2.23. The van der Waals surface area contributed by atoms with Crippen LogP contribution in [0.15, 0.2) is 18.2 Å². The van der Waals surface area contributed by atoms with Crippen LogP contribution in [0, 0.1) is 0 Å². The molecule has 1 N–H and O–H groups in total. The van der Waals surface area contributed by atoms with Crippen LogP contribution in [0.25, 0.3) is 0 Å². The van der Waals surface area contributed by atoms with Crippen molar-refractivity contribution < 1.29 is 22.4 Å². The highest BCUT2D eigenvalue weighted by molar-refractivity contribution is 7.08. The highest BCUT2D eigenvalue weighted by Crippen LogP contribution is 2.30. The van der Waals surface area contributed by atoms with Gasteiger partial charge in [-0.1, -0.05) is 16.1 Å². The molecule has 0 saturated heterocycles. The molecule has 1 amide bonds. The van der Waals surface area contributed by atoms with Crippen LogP contribution in [-0.4, -0.2) is 15.5 Å². The van der Waals surface area contributed by atoms with E-state index in [1.54, 1.807) is 0 Å². The van der Waals surface area contributed by atoms with Crippen molar-refractivity contribution in [3.63, 3.8) is 0 Å². The fourth-order valence-electron chi connectivity index (χ4n) is 1.47. The summed E-state index contributed by atoms with van der Waals surface area (Å²) in [5.74, 6) is -0.900. The van der Waals surface area contributed by atoms with Crippen LogP contribution in [0.1, 0.15) is 33.8 Å². The predicted octanol–water partition coefficient (Wildman–Crippen LogP) is 4.32. The number of benzene rings is 1. The lowest BCUT2D eigenvalue weighted by Gasteiger charge is -2.08. The van der Waals surface area contributed by atoms with Gasteiger partial charge in [-0.15, -0.1) is 5.10 Å². The van der Waals surface area contributed by atoms with Gasteiger partial charge in [0.05, 0.1) is 0 Å². The molecule has 21 heavy (non-hydrogen) atoms. The Bertz CT molecular complexity index is 665. The van der Waals surface area contributed by atoms with Gasteiger partial charge in [0.1, 0.15) is 4.88 Å². The largest absolute Gasteiger partial charge is 0.321 e. The number of amides is 1. The number of rotatable bonds is 4. The zero-order chi connectivity index (χ0) is 15.6. The van der Waals surface area contributed by atoms with Gasteiger partial charge >= 0.3 is 0 Å². The normalized spacial score (nSPS) is 11.2. The van der Waals surface area contributed by atoms with Crippen LogP contribution in [0.5, 0.6) is 0 Å². The third-order valence-electron chi connectivity index (χ3n) is 2.42. The lowest BCUT2D eigenvalue weighted by Crippen LogP contribution is -2.13.